The van der Waals surface area contributed by atoms with E-state index in [-0.39, 0.29) is 13.0 Å². The number of nitrogens with one attached hydrogen (secondary N) is 1. The van der Waals surface area contributed by atoms with Crippen LogP contribution in [0.3, 0.4) is 0 Å². The van der Waals surface area contributed by atoms with Crippen molar-refractivity contribution in [2.75, 3.05) is 7.11 Å². The van der Waals surface area contributed by atoms with E-state index in [1.54, 1.807) is 44.4 Å². The van der Waals surface area contributed by atoms with Gasteiger partial charge in [-0.25, -0.2) is 9.69 Å². The van der Waals surface area contributed by atoms with Gasteiger partial charge in [0.1, 0.15) is 5.75 Å². The van der Waals surface area contributed by atoms with Gasteiger partial charge in [0, 0.05) is 18.5 Å². The molecule has 34 heavy (non-hydrogen) atoms. The number of methoxy groups -OCH3 is 1. The maximum absolute atomic E-state index is 13.7. The minimum Gasteiger partial charge on any atom is -0.496 e. The average molecular weight is 459 g/mol. The highest BCUT2D eigenvalue weighted by Crippen LogP contribution is 2.35. The summed E-state index contributed by atoms with van der Waals surface area (Å²) in [5.74, 6) is -0.757. The van der Waals surface area contributed by atoms with Crippen LogP contribution in [0.25, 0.3) is 0 Å². The first-order valence-corrected chi connectivity index (χ1v) is 11.0. The molecule has 0 spiro atoms. The molecule has 0 aromatic heterocycles. The van der Waals surface area contributed by atoms with E-state index in [1.807, 2.05) is 54.6 Å². The number of cyclic esters (lactones) is 1. The molecular formula is C27H26N2O5. The largest absolute Gasteiger partial charge is 0.496 e. The van der Waals surface area contributed by atoms with E-state index in [1.165, 1.54) is 0 Å². The molecule has 1 N–H and O–H groups in total. The Morgan fingerprint density at radius 1 is 0.971 bits per heavy atom. The van der Waals surface area contributed by atoms with Gasteiger partial charge in [0.15, 0.2) is 0 Å². The molecule has 4 rings (SSSR count). The van der Waals surface area contributed by atoms with E-state index in [9.17, 15) is 14.4 Å². The summed E-state index contributed by atoms with van der Waals surface area (Å²) in [7, 11) is 1.54. The second kappa shape index (κ2) is 9.79. The molecule has 0 bridgehead atoms. The second-order valence-electron chi connectivity index (χ2n) is 8.11. The molecule has 3 aromatic carbocycles. The first-order chi connectivity index (χ1) is 16.5. The highest BCUT2D eigenvalue weighted by molar-refractivity contribution is 6.17. The Hall–Kier alpha value is -4.13. The van der Waals surface area contributed by atoms with Crippen LogP contribution < -0.4 is 10.1 Å². The third-order valence-electron chi connectivity index (χ3n) is 5.99. The predicted molar refractivity (Wildman–Crippen MR) is 126 cm³/mol. The van der Waals surface area contributed by atoms with Gasteiger partial charge in [0.25, 0.3) is 17.4 Å². The highest BCUT2D eigenvalue weighted by atomic mass is 16.6. The van der Waals surface area contributed by atoms with Crippen molar-refractivity contribution in [3.63, 3.8) is 0 Å². The Labute approximate surface area is 198 Å². The molecule has 1 saturated heterocycles. The molecule has 0 aliphatic carbocycles. The van der Waals surface area contributed by atoms with Gasteiger partial charge in [-0.2, -0.15) is 0 Å². The van der Waals surface area contributed by atoms with Gasteiger partial charge in [0.05, 0.1) is 13.2 Å². The van der Waals surface area contributed by atoms with E-state index in [0.29, 0.717) is 11.3 Å². The van der Waals surface area contributed by atoms with Crippen molar-refractivity contribution in [1.82, 2.24) is 10.2 Å². The highest BCUT2D eigenvalue weighted by Gasteiger charge is 2.60. The predicted octanol–water partition coefficient (Wildman–Crippen LogP) is 4.03. The van der Waals surface area contributed by atoms with Crippen LogP contribution in [0.5, 0.6) is 5.75 Å². The minimum atomic E-state index is -2.01. The topological polar surface area (TPSA) is 84.9 Å². The molecule has 3 aromatic rings. The Kier molecular flexibility index (Phi) is 6.63. The molecular weight excluding hydrogens is 432 g/mol. The number of carbonyl (C=O) groups excluding carboxylic acids is 3. The summed E-state index contributed by atoms with van der Waals surface area (Å²) < 4.78 is 11.0. The summed E-state index contributed by atoms with van der Waals surface area (Å²) in [5, 5.41) is 2.78. The molecule has 7 nitrogen and oxygen atoms in total. The normalized spacial score (nSPS) is 18.4. The molecule has 3 amide bonds. The molecule has 2 atom stereocenters. The van der Waals surface area contributed by atoms with Crippen molar-refractivity contribution in [2.24, 2.45) is 0 Å². The Bertz CT molecular complexity index is 1180. The van der Waals surface area contributed by atoms with Crippen LogP contribution in [-0.2, 0) is 27.3 Å². The van der Waals surface area contributed by atoms with Gasteiger partial charge < -0.3 is 14.8 Å². The van der Waals surface area contributed by atoms with Crippen LogP contribution in [0.1, 0.15) is 29.7 Å². The van der Waals surface area contributed by atoms with Crippen LogP contribution in [0, 0.1) is 0 Å². The fraction of sp³-hybridized carbons (Fsp3) is 0.222. The summed E-state index contributed by atoms with van der Waals surface area (Å²) in [6, 6.07) is 24.8. The molecule has 1 fully saturated rings. The number of amides is 3. The summed E-state index contributed by atoms with van der Waals surface area (Å²) in [5.41, 5.74) is 0.186. The van der Waals surface area contributed by atoms with Crippen LogP contribution in [0.2, 0.25) is 0 Å². The zero-order chi connectivity index (χ0) is 24.1. The van der Waals surface area contributed by atoms with Gasteiger partial charge in [-0.3, -0.25) is 9.59 Å². The quantitative estimate of drug-likeness (QED) is 0.515. The van der Waals surface area contributed by atoms with E-state index in [0.717, 1.165) is 16.0 Å². The lowest BCUT2D eigenvalue weighted by Gasteiger charge is -2.26. The number of hydrogen-bond acceptors (Lipinski definition) is 5. The first kappa shape index (κ1) is 23.0. The van der Waals surface area contributed by atoms with Crippen LogP contribution >= 0.6 is 0 Å². The SMILES string of the molecule is COc1ccccc1CNC(=O)[C@@]1(Cc2ccccc2)OC(=O)N([C@H](C)c2ccccc2)C1=O. The van der Waals surface area contributed by atoms with Crippen molar-refractivity contribution in [2.45, 2.75) is 31.5 Å². The molecule has 1 aliphatic heterocycles. The third-order valence-corrected chi connectivity index (χ3v) is 5.99. The third kappa shape index (κ3) is 4.37. The average Bonchev–Trinajstić information content (AvgIpc) is 3.13. The minimum absolute atomic E-state index is 0.0752. The Morgan fingerprint density at radius 3 is 2.26 bits per heavy atom. The summed E-state index contributed by atoms with van der Waals surface area (Å²) in [6.07, 6.45) is -0.918. The first-order valence-electron chi connectivity index (χ1n) is 11.0. The summed E-state index contributed by atoms with van der Waals surface area (Å²) in [6.45, 7) is 1.85. The Morgan fingerprint density at radius 2 is 1.59 bits per heavy atom. The number of carbonyl (C=O) groups is 3. The Balaban J connectivity index is 1.65. The summed E-state index contributed by atoms with van der Waals surface area (Å²) >= 11 is 0. The van der Waals surface area contributed by atoms with E-state index >= 15 is 0 Å². The monoisotopic (exact) mass is 458 g/mol. The van der Waals surface area contributed by atoms with Gasteiger partial charge in [-0.1, -0.05) is 78.9 Å². The van der Waals surface area contributed by atoms with E-state index in [2.05, 4.69) is 5.32 Å². The molecule has 0 saturated carbocycles. The van der Waals surface area contributed by atoms with Crippen molar-refractivity contribution < 1.29 is 23.9 Å². The van der Waals surface area contributed by atoms with Crippen molar-refractivity contribution >= 4 is 17.9 Å². The van der Waals surface area contributed by atoms with Gasteiger partial charge in [-0.15, -0.1) is 0 Å². The van der Waals surface area contributed by atoms with Gasteiger partial charge >= 0.3 is 6.09 Å². The zero-order valence-corrected chi connectivity index (χ0v) is 19.1. The fourth-order valence-electron chi connectivity index (χ4n) is 4.12. The number of nitrogens with zero attached hydrogens (tertiary/aromatic N) is 1. The van der Waals surface area contributed by atoms with Crippen LogP contribution in [-0.4, -0.2) is 35.5 Å². The lowest BCUT2D eigenvalue weighted by Crippen LogP contribution is -2.55. The molecule has 1 aliphatic rings. The smallest absolute Gasteiger partial charge is 0.418 e. The number of rotatable bonds is 8. The van der Waals surface area contributed by atoms with Gasteiger partial charge in [-0.05, 0) is 24.1 Å². The van der Waals surface area contributed by atoms with Crippen molar-refractivity contribution in [3.05, 3.63) is 102 Å². The van der Waals surface area contributed by atoms with E-state index < -0.39 is 29.6 Å². The molecule has 1 heterocycles. The number of ether oxygens (including phenoxy) is 2. The standard InChI is InChI=1S/C27H26N2O5/c1-19(21-13-7-4-8-14-21)29-25(31)27(34-26(29)32,17-20-11-5-3-6-12-20)24(30)28-18-22-15-9-10-16-23(22)33-2/h3-16,19H,17-18H2,1-2H3,(H,28,30)/t19-,27-/m1/s1. The number of benzene rings is 3. The lowest BCUT2D eigenvalue weighted by molar-refractivity contribution is -0.150. The maximum Gasteiger partial charge on any atom is 0.418 e. The maximum atomic E-state index is 13.7. The fourth-order valence-corrected chi connectivity index (χ4v) is 4.12. The van der Waals surface area contributed by atoms with Gasteiger partial charge in [0.2, 0.25) is 0 Å². The van der Waals surface area contributed by atoms with Crippen molar-refractivity contribution in [1.29, 1.82) is 0 Å². The molecule has 0 radical (unpaired) electrons. The summed E-state index contributed by atoms with van der Waals surface area (Å²) in [4.78, 5) is 41.3. The van der Waals surface area contributed by atoms with Crippen LogP contribution in [0.4, 0.5) is 4.79 Å². The number of hydrogen-bond donors (Lipinski definition) is 1. The second-order valence-corrected chi connectivity index (χ2v) is 8.11. The van der Waals surface area contributed by atoms with Crippen molar-refractivity contribution in [3.8, 4) is 5.75 Å². The lowest BCUT2D eigenvalue weighted by atomic mass is 9.91. The van der Waals surface area contributed by atoms with E-state index in [4.69, 9.17) is 9.47 Å². The molecule has 0 unspecified atom stereocenters. The number of para-hydroxylation sites is 1. The molecule has 174 valence electrons. The number of imide groups is 1. The van der Waals surface area contributed by atoms with Crippen LogP contribution in [0.15, 0.2) is 84.9 Å². The zero-order valence-electron chi connectivity index (χ0n) is 19.1. The molecule has 7 heteroatoms.